The predicted octanol–water partition coefficient (Wildman–Crippen LogP) is 1.53. The van der Waals surface area contributed by atoms with Crippen molar-refractivity contribution < 1.29 is 0 Å². The lowest BCUT2D eigenvalue weighted by molar-refractivity contribution is 0.829. The van der Waals surface area contributed by atoms with Gasteiger partial charge in [0.2, 0.25) is 5.95 Å². The van der Waals surface area contributed by atoms with Crippen molar-refractivity contribution in [3.63, 3.8) is 0 Å². The molecule has 0 aliphatic carbocycles. The monoisotopic (exact) mass is 188 g/mol. The summed E-state index contributed by atoms with van der Waals surface area (Å²) in [5.41, 5.74) is 0.964. The minimum Gasteiger partial charge on any atom is -0.272 e. The Kier molecular flexibility index (Phi) is 2.26. The van der Waals surface area contributed by atoms with Crippen molar-refractivity contribution in [3.05, 3.63) is 36.2 Å². The van der Waals surface area contributed by atoms with Gasteiger partial charge >= 0.3 is 0 Å². The summed E-state index contributed by atoms with van der Waals surface area (Å²) in [4.78, 5) is 12.8. The first-order valence-electron chi connectivity index (χ1n) is 4.63. The third-order valence-electron chi connectivity index (χ3n) is 2.03. The average molecular weight is 188 g/mol. The normalized spacial score (nSPS) is 10.4. The van der Waals surface area contributed by atoms with Gasteiger partial charge in [-0.3, -0.25) is 4.57 Å². The van der Waals surface area contributed by atoms with Gasteiger partial charge in [-0.25, -0.2) is 15.0 Å². The second kappa shape index (κ2) is 3.57. The zero-order chi connectivity index (χ0) is 9.97. The third kappa shape index (κ3) is 1.51. The number of imidazole rings is 1. The molecule has 0 bridgehead atoms. The van der Waals surface area contributed by atoms with Crippen LogP contribution in [0.1, 0.15) is 18.4 Å². The van der Waals surface area contributed by atoms with E-state index in [1.165, 1.54) is 0 Å². The summed E-state index contributed by atoms with van der Waals surface area (Å²) in [6.07, 6.45) is 6.29. The first-order chi connectivity index (χ1) is 6.81. The molecule has 0 radical (unpaired) electrons. The Hall–Kier alpha value is -1.71. The lowest BCUT2D eigenvalue weighted by Gasteiger charge is -2.03. The molecule has 2 aromatic rings. The molecule has 0 fully saturated rings. The van der Waals surface area contributed by atoms with Crippen LogP contribution >= 0.6 is 0 Å². The van der Waals surface area contributed by atoms with E-state index in [9.17, 15) is 0 Å². The van der Waals surface area contributed by atoms with Gasteiger partial charge in [0.15, 0.2) is 0 Å². The Morgan fingerprint density at radius 2 is 2.14 bits per heavy atom. The summed E-state index contributed by atoms with van der Waals surface area (Å²) in [5, 5.41) is 0. The second-order valence-corrected chi connectivity index (χ2v) is 3.07. The highest BCUT2D eigenvalue weighted by Gasteiger charge is 2.04. The molecule has 72 valence electrons. The van der Waals surface area contributed by atoms with Crippen LogP contribution in [-0.4, -0.2) is 19.5 Å². The van der Waals surface area contributed by atoms with Crippen molar-refractivity contribution in [2.75, 3.05) is 0 Å². The van der Waals surface area contributed by atoms with Crippen molar-refractivity contribution in [3.8, 4) is 5.95 Å². The van der Waals surface area contributed by atoms with Crippen LogP contribution in [0.25, 0.3) is 5.95 Å². The summed E-state index contributed by atoms with van der Waals surface area (Å²) in [6.45, 7) is 4.02. The number of nitrogens with zero attached hydrogens (tertiary/aromatic N) is 4. The van der Waals surface area contributed by atoms with Crippen LogP contribution in [0.2, 0.25) is 0 Å². The van der Waals surface area contributed by atoms with E-state index in [-0.39, 0.29) is 0 Å². The first kappa shape index (κ1) is 8.87. The van der Waals surface area contributed by atoms with E-state index in [1.807, 2.05) is 23.8 Å². The maximum atomic E-state index is 4.34. The molecular formula is C10H12N4. The fourth-order valence-electron chi connectivity index (χ4n) is 1.33. The van der Waals surface area contributed by atoms with Gasteiger partial charge in [-0.2, -0.15) is 0 Å². The molecule has 0 spiro atoms. The molecule has 0 aliphatic rings. The van der Waals surface area contributed by atoms with Crippen LogP contribution < -0.4 is 0 Å². The molecule has 0 aliphatic heterocycles. The topological polar surface area (TPSA) is 43.6 Å². The highest BCUT2D eigenvalue weighted by molar-refractivity contribution is 5.16. The molecular weight excluding hydrogens is 176 g/mol. The molecule has 14 heavy (non-hydrogen) atoms. The maximum Gasteiger partial charge on any atom is 0.235 e. The SMILES string of the molecule is CCc1nccn1-c1nccc(C)n1. The Morgan fingerprint density at radius 3 is 2.86 bits per heavy atom. The molecule has 0 aromatic carbocycles. The van der Waals surface area contributed by atoms with E-state index in [1.54, 1.807) is 12.4 Å². The van der Waals surface area contributed by atoms with Crippen LogP contribution in [0.3, 0.4) is 0 Å². The van der Waals surface area contributed by atoms with E-state index in [0.717, 1.165) is 17.9 Å². The Labute approximate surface area is 82.7 Å². The van der Waals surface area contributed by atoms with Gasteiger partial charge < -0.3 is 0 Å². The molecule has 2 aromatic heterocycles. The number of hydrogen-bond acceptors (Lipinski definition) is 3. The molecule has 4 heteroatoms. The minimum absolute atomic E-state index is 0.694. The van der Waals surface area contributed by atoms with E-state index in [0.29, 0.717) is 5.95 Å². The van der Waals surface area contributed by atoms with E-state index in [4.69, 9.17) is 0 Å². The van der Waals surface area contributed by atoms with Crippen molar-refractivity contribution in [1.29, 1.82) is 0 Å². The summed E-state index contributed by atoms with van der Waals surface area (Å²) in [7, 11) is 0. The molecule has 4 nitrogen and oxygen atoms in total. The summed E-state index contributed by atoms with van der Waals surface area (Å²) >= 11 is 0. The Balaban J connectivity index is 2.49. The number of rotatable bonds is 2. The quantitative estimate of drug-likeness (QED) is 0.717. The van der Waals surface area contributed by atoms with Gasteiger partial charge in [0.1, 0.15) is 5.82 Å². The van der Waals surface area contributed by atoms with Crippen LogP contribution in [-0.2, 0) is 6.42 Å². The fourth-order valence-corrected chi connectivity index (χ4v) is 1.33. The number of aromatic nitrogens is 4. The second-order valence-electron chi connectivity index (χ2n) is 3.07. The molecule has 0 N–H and O–H groups in total. The van der Waals surface area contributed by atoms with Gasteiger partial charge in [-0.05, 0) is 13.0 Å². The summed E-state index contributed by atoms with van der Waals surface area (Å²) < 4.78 is 1.91. The fraction of sp³-hybridized carbons (Fsp3) is 0.300. The van der Waals surface area contributed by atoms with Crippen molar-refractivity contribution in [2.24, 2.45) is 0 Å². The van der Waals surface area contributed by atoms with Gasteiger partial charge in [0.25, 0.3) is 0 Å². The smallest absolute Gasteiger partial charge is 0.235 e. The molecule has 2 heterocycles. The largest absolute Gasteiger partial charge is 0.272 e. The predicted molar refractivity (Wildman–Crippen MR) is 53.3 cm³/mol. The zero-order valence-electron chi connectivity index (χ0n) is 8.31. The Bertz CT molecular complexity index is 433. The zero-order valence-corrected chi connectivity index (χ0v) is 8.31. The standard InChI is InChI=1S/C10H12N4/c1-3-9-11-6-7-14(9)10-12-5-4-8(2)13-10/h4-7H,3H2,1-2H3. The van der Waals surface area contributed by atoms with Crippen LogP contribution in [0.4, 0.5) is 0 Å². The lowest BCUT2D eigenvalue weighted by atomic mass is 10.4. The van der Waals surface area contributed by atoms with Crippen molar-refractivity contribution in [1.82, 2.24) is 19.5 Å². The van der Waals surface area contributed by atoms with Crippen LogP contribution in [0, 0.1) is 6.92 Å². The first-order valence-corrected chi connectivity index (χ1v) is 4.63. The van der Waals surface area contributed by atoms with Crippen molar-refractivity contribution in [2.45, 2.75) is 20.3 Å². The third-order valence-corrected chi connectivity index (χ3v) is 2.03. The molecule has 0 saturated carbocycles. The molecule has 0 atom stereocenters. The van der Waals surface area contributed by atoms with Gasteiger partial charge in [0, 0.05) is 30.7 Å². The van der Waals surface area contributed by atoms with Crippen LogP contribution in [0.5, 0.6) is 0 Å². The lowest BCUT2D eigenvalue weighted by Crippen LogP contribution is -2.04. The molecule has 0 saturated heterocycles. The molecule has 0 amide bonds. The van der Waals surface area contributed by atoms with E-state index < -0.39 is 0 Å². The molecule has 2 rings (SSSR count). The molecule has 0 unspecified atom stereocenters. The maximum absolute atomic E-state index is 4.34. The van der Waals surface area contributed by atoms with Gasteiger partial charge in [-0.15, -0.1) is 0 Å². The van der Waals surface area contributed by atoms with Gasteiger partial charge in [-0.1, -0.05) is 6.92 Å². The van der Waals surface area contributed by atoms with Crippen molar-refractivity contribution >= 4 is 0 Å². The average Bonchev–Trinajstić information content (AvgIpc) is 2.65. The van der Waals surface area contributed by atoms with Gasteiger partial charge in [0.05, 0.1) is 0 Å². The Morgan fingerprint density at radius 1 is 1.29 bits per heavy atom. The summed E-state index contributed by atoms with van der Waals surface area (Å²) in [6, 6.07) is 1.88. The number of hydrogen-bond donors (Lipinski definition) is 0. The highest BCUT2D eigenvalue weighted by atomic mass is 15.2. The van der Waals surface area contributed by atoms with E-state index in [2.05, 4.69) is 21.9 Å². The summed E-state index contributed by atoms with van der Waals surface area (Å²) in [5.74, 6) is 1.68. The van der Waals surface area contributed by atoms with Crippen LogP contribution in [0.15, 0.2) is 24.7 Å². The minimum atomic E-state index is 0.694. The van der Waals surface area contributed by atoms with E-state index >= 15 is 0 Å². The number of aryl methyl sites for hydroxylation is 2. The highest BCUT2D eigenvalue weighted by Crippen LogP contribution is 2.05.